The van der Waals surface area contributed by atoms with Gasteiger partial charge in [0.2, 0.25) is 0 Å². The second-order valence-electron chi connectivity index (χ2n) is 4.78. The van der Waals surface area contributed by atoms with Gasteiger partial charge in [-0.25, -0.2) is 0 Å². The van der Waals surface area contributed by atoms with E-state index in [0.29, 0.717) is 6.42 Å². The highest BCUT2D eigenvalue weighted by molar-refractivity contribution is 5.91. The van der Waals surface area contributed by atoms with E-state index in [2.05, 4.69) is 0 Å². The van der Waals surface area contributed by atoms with Crippen molar-refractivity contribution in [3.63, 3.8) is 0 Å². The van der Waals surface area contributed by atoms with E-state index < -0.39 is 6.10 Å². The van der Waals surface area contributed by atoms with Gasteiger partial charge in [-0.15, -0.1) is 12.4 Å². The molecular formula is C16H22ClNO2. The van der Waals surface area contributed by atoms with Crippen molar-refractivity contribution in [2.45, 2.75) is 31.9 Å². The topological polar surface area (TPSA) is 55.5 Å². The molecular weight excluding hydrogens is 274 g/mol. The molecule has 0 heterocycles. The largest absolute Gasteiger partial charge is 0.496 e. The molecule has 0 radical (unpaired) electrons. The molecule has 0 saturated heterocycles. The molecule has 0 aliphatic heterocycles. The van der Waals surface area contributed by atoms with Crippen molar-refractivity contribution in [1.29, 1.82) is 0 Å². The van der Waals surface area contributed by atoms with E-state index in [1.807, 2.05) is 43.3 Å². The second-order valence-corrected chi connectivity index (χ2v) is 4.78. The lowest BCUT2D eigenvalue weighted by Gasteiger charge is -2.21. The van der Waals surface area contributed by atoms with E-state index in [-0.39, 0.29) is 18.4 Å². The first-order valence-corrected chi connectivity index (χ1v) is 6.68. The van der Waals surface area contributed by atoms with Crippen LogP contribution in [0.2, 0.25) is 0 Å². The number of hydrogen-bond acceptors (Lipinski definition) is 3. The minimum atomic E-state index is -0.512. The number of methoxy groups -OCH3 is 1. The highest BCUT2D eigenvalue weighted by Crippen LogP contribution is 2.32. The summed E-state index contributed by atoms with van der Waals surface area (Å²) in [6.07, 6.45) is 1.12. The van der Waals surface area contributed by atoms with E-state index >= 15 is 0 Å². The Morgan fingerprint density at radius 3 is 2.40 bits per heavy atom. The van der Waals surface area contributed by atoms with Crippen molar-refractivity contribution in [3.05, 3.63) is 42.0 Å². The lowest BCUT2D eigenvalue weighted by Crippen LogP contribution is -2.26. The van der Waals surface area contributed by atoms with Crippen LogP contribution in [0.3, 0.4) is 0 Å². The quantitative estimate of drug-likeness (QED) is 0.888. The van der Waals surface area contributed by atoms with Crippen LogP contribution in [0.15, 0.2) is 36.4 Å². The Labute approximate surface area is 126 Å². The Morgan fingerprint density at radius 1 is 1.15 bits per heavy atom. The molecule has 2 rings (SSSR count). The molecule has 0 saturated carbocycles. The summed E-state index contributed by atoms with van der Waals surface area (Å²) in [6.45, 7) is 2.04. The van der Waals surface area contributed by atoms with Crippen molar-refractivity contribution >= 4 is 23.2 Å². The zero-order valence-corrected chi connectivity index (χ0v) is 12.7. The van der Waals surface area contributed by atoms with Gasteiger partial charge in [0.1, 0.15) is 5.75 Å². The van der Waals surface area contributed by atoms with E-state index in [4.69, 9.17) is 10.5 Å². The molecule has 2 aromatic carbocycles. The summed E-state index contributed by atoms with van der Waals surface area (Å²) in [4.78, 5) is 0. The standard InChI is InChI=1S/C16H21NO2.ClH/c1-3-6-14(18)16(17)13-9-10-15(19-2)12-8-5-4-7-11(12)13;/h4-5,7-10,14,16,18H,3,6,17H2,1-2H3;1H/t14-,16+;/m1./s1. The predicted molar refractivity (Wildman–Crippen MR) is 85.6 cm³/mol. The van der Waals surface area contributed by atoms with Gasteiger partial charge >= 0.3 is 0 Å². The molecule has 20 heavy (non-hydrogen) atoms. The number of hydrogen-bond donors (Lipinski definition) is 2. The minimum Gasteiger partial charge on any atom is -0.496 e. The van der Waals surface area contributed by atoms with Gasteiger partial charge in [-0.05, 0) is 23.4 Å². The van der Waals surface area contributed by atoms with Crippen LogP contribution in [0.5, 0.6) is 5.75 Å². The number of benzene rings is 2. The van der Waals surface area contributed by atoms with Crippen molar-refractivity contribution in [2.75, 3.05) is 7.11 Å². The van der Waals surface area contributed by atoms with Crippen molar-refractivity contribution in [1.82, 2.24) is 0 Å². The second kappa shape index (κ2) is 7.48. The molecule has 110 valence electrons. The van der Waals surface area contributed by atoms with Crippen LogP contribution < -0.4 is 10.5 Å². The zero-order chi connectivity index (χ0) is 13.8. The molecule has 4 heteroatoms. The van der Waals surface area contributed by atoms with Gasteiger partial charge in [-0.1, -0.05) is 43.7 Å². The number of aliphatic hydroxyl groups is 1. The van der Waals surface area contributed by atoms with E-state index in [1.54, 1.807) is 7.11 Å². The van der Waals surface area contributed by atoms with Crippen LogP contribution in [0.1, 0.15) is 31.4 Å². The van der Waals surface area contributed by atoms with Crippen LogP contribution in [0.4, 0.5) is 0 Å². The molecule has 0 aliphatic carbocycles. The summed E-state index contributed by atoms with van der Waals surface area (Å²) in [5.41, 5.74) is 7.16. The molecule has 0 fully saturated rings. The van der Waals surface area contributed by atoms with Gasteiger partial charge in [0.25, 0.3) is 0 Å². The fourth-order valence-electron chi connectivity index (χ4n) is 2.45. The molecule has 0 aliphatic rings. The maximum absolute atomic E-state index is 10.1. The third-order valence-electron chi connectivity index (χ3n) is 3.50. The Morgan fingerprint density at radius 2 is 1.80 bits per heavy atom. The summed E-state index contributed by atoms with van der Waals surface area (Å²) < 4.78 is 5.37. The predicted octanol–water partition coefficient (Wildman–Crippen LogP) is 3.43. The van der Waals surface area contributed by atoms with Crippen LogP contribution in [-0.2, 0) is 0 Å². The van der Waals surface area contributed by atoms with Crippen molar-refractivity contribution in [2.24, 2.45) is 5.73 Å². The van der Waals surface area contributed by atoms with Gasteiger partial charge in [0.05, 0.1) is 19.3 Å². The van der Waals surface area contributed by atoms with Gasteiger partial charge in [-0.3, -0.25) is 0 Å². The van der Waals surface area contributed by atoms with Gasteiger partial charge < -0.3 is 15.6 Å². The third kappa shape index (κ3) is 3.23. The number of nitrogens with two attached hydrogens (primary N) is 1. The summed E-state index contributed by atoms with van der Waals surface area (Å²) in [5, 5.41) is 12.2. The number of aliphatic hydroxyl groups excluding tert-OH is 1. The van der Waals surface area contributed by atoms with Crippen molar-refractivity contribution in [3.8, 4) is 5.75 Å². The Hall–Kier alpha value is -1.29. The minimum absolute atomic E-state index is 0. The smallest absolute Gasteiger partial charge is 0.126 e. The molecule has 0 spiro atoms. The molecule has 0 bridgehead atoms. The number of rotatable bonds is 5. The van der Waals surface area contributed by atoms with Crippen molar-refractivity contribution < 1.29 is 9.84 Å². The number of ether oxygens (including phenoxy) is 1. The maximum atomic E-state index is 10.1. The van der Waals surface area contributed by atoms with Gasteiger partial charge in [-0.2, -0.15) is 0 Å². The fraction of sp³-hybridized carbons (Fsp3) is 0.375. The van der Waals surface area contributed by atoms with E-state index in [9.17, 15) is 5.11 Å². The Balaban J connectivity index is 0.00000200. The average molecular weight is 296 g/mol. The summed E-state index contributed by atoms with van der Waals surface area (Å²) in [7, 11) is 1.66. The molecule has 0 amide bonds. The summed E-state index contributed by atoms with van der Waals surface area (Å²) >= 11 is 0. The zero-order valence-electron chi connectivity index (χ0n) is 11.9. The highest BCUT2D eigenvalue weighted by Gasteiger charge is 2.19. The monoisotopic (exact) mass is 295 g/mol. The normalized spacial score (nSPS) is 13.6. The van der Waals surface area contributed by atoms with Crippen LogP contribution in [0, 0.1) is 0 Å². The molecule has 2 aromatic rings. The highest BCUT2D eigenvalue weighted by atomic mass is 35.5. The Kier molecular flexibility index (Phi) is 6.27. The molecule has 0 unspecified atom stereocenters. The lowest BCUT2D eigenvalue weighted by molar-refractivity contribution is 0.135. The first-order valence-electron chi connectivity index (χ1n) is 6.68. The molecule has 3 N–H and O–H groups in total. The molecule has 0 aromatic heterocycles. The number of fused-ring (bicyclic) bond motifs is 1. The molecule has 2 atom stereocenters. The van der Waals surface area contributed by atoms with Gasteiger partial charge in [0, 0.05) is 5.39 Å². The van der Waals surface area contributed by atoms with Crippen LogP contribution >= 0.6 is 12.4 Å². The fourth-order valence-corrected chi connectivity index (χ4v) is 2.45. The van der Waals surface area contributed by atoms with E-state index in [0.717, 1.165) is 28.5 Å². The molecule has 3 nitrogen and oxygen atoms in total. The summed E-state index contributed by atoms with van der Waals surface area (Å²) in [6, 6.07) is 11.5. The summed E-state index contributed by atoms with van der Waals surface area (Å²) in [5.74, 6) is 0.830. The van der Waals surface area contributed by atoms with Crippen LogP contribution in [0.25, 0.3) is 10.8 Å². The van der Waals surface area contributed by atoms with Gasteiger partial charge in [0.15, 0.2) is 0 Å². The first kappa shape index (κ1) is 16.8. The average Bonchev–Trinajstić information content (AvgIpc) is 2.45. The SMILES string of the molecule is CCC[C@@H](O)[C@@H](N)c1ccc(OC)c2ccccc12.Cl. The van der Waals surface area contributed by atoms with Crippen LogP contribution in [-0.4, -0.2) is 18.3 Å². The van der Waals surface area contributed by atoms with E-state index in [1.165, 1.54) is 0 Å². The Bertz CT molecular complexity index is 559. The third-order valence-corrected chi connectivity index (χ3v) is 3.50. The first-order chi connectivity index (χ1) is 9.19. The number of halogens is 1. The lowest BCUT2D eigenvalue weighted by atomic mass is 9.94. The maximum Gasteiger partial charge on any atom is 0.126 e.